The number of rotatable bonds is 19. The summed E-state index contributed by atoms with van der Waals surface area (Å²) in [6.45, 7) is 11.5. The molecule has 1 unspecified atom stereocenters. The summed E-state index contributed by atoms with van der Waals surface area (Å²) in [5.41, 5.74) is 1.38. The first-order chi connectivity index (χ1) is 28.9. The van der Waals surface area contributed by atoms with Crippen molar-refractivity contribution in [3.63, 3.8) is 0 Å². The summed E-state index contributed by atoms with van der Waals surface area (Å²) in [6, 6.07) is 27.0. The van der Waals surface area contributed by atoms with Crippen LogP contribution in [0.2, 0.25) is 0 Å². The fourth-order valence-electron chi connectivity index (χ4n) is 7.24. The number of nitrogens with one attached hydrogen (secondary N) is 1. The Morgan fingerprint density at radius 3 is 2.08 bits per heavy atom. The third-order valence-electron chi connectivity index (χ3n) is 10.2. The van der Waals surface area contributed by atoms with Gasteiger partial charge in [0.05, 0.1) is 51.5 Å². The molecule has 1 N–H and O–H groups in total. The maximum atomic E-state index is 17.6. The highest BCUT2D eigenvalue weighted by Gasteiger charge is 2.52. The number of nitrogens with zero attached hydrogens (tertiary/aromatic N) is 6. The number of nitriles is 1. The first-order valence-corrected chi connectivity index (χ1v) is 21.1. The van der Waals surface area contributed by atoms with Gasteiger partial charge in [-0.1, -0.05) is 68.4 Å². The Labute approximate surface area is 351 Å². The van der Waals surface area contributed by atoms with E-state index in [2.05, 4.69) is 26.5 Å². The van der Waals surface area contributed by atoms with E-state index in [1.54, 1.807) is 28.1 Å². The number of hydrogen-bond acceptors (Lipinski definition) is 12. The van der Waals surface area contributed by atoms with Crippen molar-refractivity contribution in [2.45, 2.75) is 90.3 Å². The lowest BCUT2D eigenvalue weighted by Crippen LogP contribution is -2.41. The highest BCUT2D eigenvalue weighted by Crippen LogP contribution is 2.51. The molecule has 14 nitrogen and oxygen atoms in total. The van der Waals surface area contributed by atoms with Crippen LogP contribution in [0.25, 0.3) is 11.0 Å². The summed E-state index contributed by atoms with van der Waals surface area (Å²) < 4.78 is 58.9. The van der Waals surface area contributed by atoms with Crippen LogP contribution in [0.5, 0.6) is 11.5 Å². The number of methoxy groups -OCH3 is 2. The van der Waals surface area contributed by atoms with Gasteiger partial charge >= 0.3 is 0 Å². The molecule has 16 heteroatoms. The zero-order valence-electron chi connectivity index (χ0n) is 35.2. The maximum Gasteiger partial charge on any atom is 0.259 e. The molecule has 0 aliphatic carbocycles. The summed E-state index contributed by atoms with van der Waals surface area (Å²) in [6.07, 6.45) is -2.53. The van der Waals surface area contributed by atoms with E-state index in [1.807, 2.05) is 111 Å². The molecule has 1 saturated heterocycles. The predicted octanol–water partition coefficient (Wildman–Crippen LogP) is 8.34. The molecule has 2 aromatic heterocycles. The molecular weight excluding hydrogens is 788 g/mol. The van der Waals surface area contributed by atoms with Crippen molar-refractivity contribution in [1.29, 1.82) is 5.26 Å². The van der Waals surface area contributed by atoms with Crippen LogP contribution >= 0.6 is 8.53 Å². The standard InChI is InChI=1S/C44H53FN7O7P/c1-28(2)42(53)50-40-36-25-49-51(41(36)48-27-47-40)43-38(45)39(59-60(57-24-12-23-46)52(29(3)4)30(5)6)37(58-43)26-56-44(31-13-10-9-11-14-31,32-15-19-34(54-7)20-16-32)33-17-21-35(55-8)22-18-33/h9-11,13-22,25,27-30,37-39,43H,12,24,26H2,1-8H3,(H,47,48,50,53)/t37-,38+,39-,43-,60?/m1/s1. The van der Waals surface area contributed by atoms with E-state index < -0.39 is 38.7 Å². The van der Waals surface area contributed by atoms with E-state index in [0.29, 0.717) is 16.9 Å². The van der Waals surface area contributed by atoms with Crippen LogP contribution in [-0.4, -0.2) is 88.2 Å². The number of fused-ring (bicyclic) bond motifs is 1. The number of hydrogen-bond donors (Lipinski definition) is 1. The van der Waals surface area contributed by atoms with Gasteiger partial charge in [-0.05, 0) is 68.7 Å². The number of carbonyl (C=O) groups is 1. The van der Waals surface area contributed by atoms with E-state index in [4.69, 9.17) is 28.0 Å². The quantitative estimate of drug-likeness (QED) is 0.0483. The average molecular weight is 842 g/mol. The fourth-order valence-corrected chi connectivity index (χ4v) is 9.01. The van der Waals surface area contributed by atoms with Gasteiger partial charge in [-0.25, -0.2) is 23.7 Å². The molecule has 3 heterocycles. The summed E-state index contributed by atoms with van der Waals surface area (Å²) in [5.74, 6) is 1.03. The van der Waals surface area contributed by atoms with Crippen LogP contribution in [0.4, 0.5) is 10.2 Å². The van der Waals surface area contributed by atoms with Gasteiger partial charge in [-0.3, -0.25) is 4.79 Å². The van der Waals surface area contributed by atoms with E-state index in [-0.39, 0.29) is 55.0 Å². The molecule has 60 heavy (non-hydrogen) atoms. The second kappa shape index (κ2) is 20.0. The summed E-state index contributed by atoms with van der Waals surface area (Å²) in [7, 11) is 1.30. The van der Waals surface area contributed by atoms with Crippen LogP contribution in [-0.2, 0) is 28.9 Å². The molecule has 0 radical (unpaired) electrons. The van der Waals surface area contributed by atoms with Gasteiger partial charge in [-0.2, -0.15) is 10.4 Å². The summed E-state index contributed by atoms with van der Waals surface area (Å²) >= 11 is 0. The summed E-state index contributed by atoms with van der Waals surface area (Å²) in [5, 5.41) is 17.1. The third kappa shape index (κ3) is 9.45. The molecule has 1 aliphatic heterocycles. The van der Waals surface area contributed by atoms with Gasteiger partial charge in [-0.15, -0.1) is 0 Å². The normalized spacial score (nSPS) is 18.7. The second-order valence-corrected chi connectivity index (χ2v) is 16.5. The van der Waals surface area contributed by atoms with Crippen molar-refractivity contribution in [3.8, 4) is 17.6 Å². The molecule has 0 spiro atoms. The van der Waals surface area contributed by atoms with Crippen LogP contribution in [0.1, 0.15) is 70.9 Å². The lowest BCUT2D eigenvalue weighted by Gasteiger charge is -2.39. The molecule has 1 aliphatic rings. The predicted molar refractivity (Wildman–Crippen MR) is 226 cm³/mol. The maximum absolute atomic E-state index is 17.6. The van der Waals surface area contributed by atoms with Crippen molar-refractivity contribution >= 4 is 31.3 Å². The molecule has 6 rings (SSSR count). The van der Waals surface area contributed by atoms with Gasteiger partial charge in [0.1, 0.15) is 41.5 Å². The van der Waals surface area contributed by atoms with Crippen LogP contribution in [0, 0.1) is 17.2 Å². The monoisotopic (exact) mass is 841 g/mol. The van der Waals surface area contributed by atoms with Crippen molar-refractivity contribution in [2.24, 2.45) is 5.92 Å². The lowest BCUT2D eigenvalue weighted by molar-refractivity contribution is -0.118. The minimum atomic E-state index is -1.92. The molecule has 1 amide bonds. The molecule has 5 aromatic rings. The second-order valence-electron chi connectivity index (χ2n) is 15.1. The minimum Gasteiger partial charge on any atom is -0.497 e. The SMILES string of the molecule is COc1ccc(C(OC[C@H]2O[C@@H](n3ncc4c(NC(=O)C(C)C)ncnc43)[C@@H](F)[C@@H]2OP(OCCC#N)N(C(C)C)C(C)C)(c2ccccc2)c2ccc(OC)cc2)cc1. The summed E-state index contributed by atoms with van der Waals surface area (Å²) in [4.78, 5) is 21.4. The Morgan fingerprint density at radius 2 is 1.53 bits per heavy atom. The minimum absolute atomic E-state index is 0.0498. The van der Waals surface area contributed by atoms with Gasteiger partial charge in [0.15, 0.2) is 18.0 Å². The van der Waals surface area contributed by atoms with Crippen molar-refractivity contribution in [2.75, 3.05) is 32.8 Å². The smallest absolute Gasteiger partial charge is 0.259 e. The molecule has 0 saturated carbocycles. The van der Waals surface area contributed by atoms with Crippen LogP contribution < -0.4 is 14.8 Å². The van der Waals surface area contributed by atoms with Crippen molar-refractivity contribution in [3.05, 3.63) is 108 Å². The Balaban J connectivity index is 1.46. The number of amides is 1. The molecule has 3 aromatic carbocycles. The number of carbonyl (C=O) groups excluding carboxylic acids is 1. The average Bonchev–Trinajstić information content (AvgIpc) is 3.82. The van der Waals surface area contributed by atoms with Gasteiger partial charge in [0, 0.05) is 18.0 Å². The van der Waals surface area contributed by atoms with Gasteiger partial charge in [0.25, 0.3) is 8.53 Å². The number of benzene rings is 3. The Hall–Kier alpha value is -5.07. The number of aromatic nitrogens is 4. The van der Waals surface area contributed by atoms with Gasteiger partial charge in [0.2, 0.25) is 5.91 Å². The number of ether oxygens (including phenoxy) is 4. The number of alkyl halides is 1. The first-order valence-electron chi connectivity index (χ1n) is 20.0. The van der Waals surface area contributed by atoms with E-state index in [9.17, 15) is 10.1 Å². The topological polar surface area (TPSA) is 155 Å². The van der Waals surface area contributed by atoms with Crippen LogP contribution in [0.15, 0.2) is 91.4 Å². The van der Waals surface area contributed by atoms with Gasteiger partial charge < -0.3 is 33.3 Å². The molecule has 0 bridgehead atoms. The Kier molecular flexibility index (Phi) is 14.8. The van der Waals surface area contributed by atoms with E-state index in [1.165, 1.54) is 17.2 Å². The Morgan fingerprint density at radius 1 is 0.933 bits per heavy atom. The number of halogens is 1. The molecule has 1 fully saturated rings. The zero-order valence-corrected chi connectivity index (χ0v) is 36.1. The van der Waals surface area contributed by atoms with E-state index in [0.717, 1.165) is 16.7 Å². The Bertz CT molecular complexity index is 2150. The van der Waals surface area contributed by atoms with Crippen molar-refractivity contribution in [1.82, 2.24) is 24.4 Å². The molecule has 5 atom stereocenters. The highest BCUT2D eigenvalue weighted by atomic mass is 31.2. The molecular formula is C44H53FN7O7P. The van der Waals surface area contributed by atoms with E-state index >= 15 is 4.39 Å². The first kappa shape index (κ1) is 44.5. The highest BCUT2D eigenvalue weighted by molar-refractivity contribution is 7.44. The third-order valence-corrected chi connectivity index (χ3v) is 12.3. The fraction of sp³-hybridized carbons (Fsp3) is 0.432. The van der Waals surface area contributed by atoms with Crippen molar-refractivity contribution < 1.29 is 37.2 Å². The number of anilines is 1. The zero-order chi connectivity index (χ0) is 43.0. The lowest BCUT2D eigenvalue weighted by atomic mass is 9.80. The largest absolute Gasteiger partial charge is 0.497 e. The van der Waals surface area contributed by atoms with Crippen LogP contribution in [0.3, 0.4) is 0 Å². The molecule has 318 valence electrons.